The molecule has 11 heteroatoms. The fraction of sp³-hybridized carbons (Fsp3) is 0.444. The first kappa shape index (κ1) is 23.5. The Bertz CT molecular complexity index is 863. The molecule has 0 radical (unpaired) electrons. The molecule has 7 nitrogen and oxygen atoms in total. The highest BCUT2D eigenvalue weighted by Crippen LogP contribution is 2.30. The summed E-state index contributed by atoms with van der Waals surface area (Å²) in [7, 11) is 0. The number of nitrogens with zero attached hydrogens (tertiary/aromatic N) is 2. The highest BCUT2D eigenvalue weighted by Gasteiger charge is 2.25. The molecule has 160 valence electrons. The van der Waals surface area contributed by atoms with E-state index in [0.717, 1.165) is 0 Å². The van der Waals surface area contributed by atoms with Crippen molar-refractivity contribution in [3.05, 3.63) is 35.8 Å². The van der Waals surface area contributed by atoms with Gasteiger partial charge in [0.15, 0.2) is 0 Å². The number of nitrogens with one attached hydrogen (secondary N) is 1. The zero-order valence-electron chi connectivity index (χ0n) is 16.0. The van der Waals surface area contributed by atoms with Gasteiger partial charge in [0.25, 0.3) is 0 Å². The zero-order chi connectivity index (χ0) is 21.8. The summed E-state index contributed by atoms with van der Waals surface area (Å²) in [6, 6.07) is 5.62. The number of halogens is 4. The highest BCUT2D eigenvalue weighted by molar-refractivity contribution is 6.67. The minimum Gasteiger partial charge on any atom is -0.491 e. The van der Waals surface area contributed by atoms with Crippen LogP contribution in [0.1, 0.15) is 26.5 Å². The summed E-state index contributed by atoms with van der Waals surface area (Å²) in [6.07, 6.45) is -0.897. The molecule has 2 aromatic rings. The Morgan fingerprint density at radius 3 is 2.55 bits per heavy atom. The summed E-state index contributed by atoms with van der Waals surface area (Å²) in [4.78, 5) is 12.1. The lowest BCUT2D eigenvalue weighted by Crippen LogP contribution is -2.22. The summed E-state index contributed by atoms with van der Waals surface area (Å²) in [6.45, 7) is 5.14. The fourth-order valence-corrected chi connectivity index (χ4v) is 2.38. The molecular weight excluding hydrogens is 448 g/mol. The maximum atomic E-state index is 14.5. The summed E-state index contributed by atoms with van der Waals surface area (Å²) in [5, 5.41) is 15.8. The molecule has 1 heterocycles. The van der Waals surface area contributed by atoms with Crippen LogP contribution >= 0.6 is 34.8 Å². The number of aromatic nitrogens is 2. The van der Waals surface area contributed by atoms with Gasteiger partial charge in [-0.25, -0.2) is 13.9 Å². The molecule has 2 rings (SSSR count). The molecule has 1 amide bonds. The van der Waals surface area contributed by atoms with Crippen LogP contribution < -0.4 is 10.1 Å². The minimum absolute atomic E-state index is 0.0348. The van der Waals surface area contributed by atoms with E-state index >= 15 is 0 Å². The van der Waals surface area contributed by atoms with Crippen LogP contribution in [0.25, 0.3) is 5.69 Å². The predicted octanol–water partition coefficient (Wildman–Crippen LogP) is 4.60. The Hall–Kier alpha value is -1.74. The molecular formula is C18H21Cl3FN3O4. The van der Waals surface area contributed by atoms with E-state index in [1.807, 2.05) is 20.8 Å². The van der Waals surface area contributed by atoms with Crippen LogP contribution in [-0.2, 0) is 10.2 Å². The number of hydrogen-bond donors (Lipinski definition) is 2. The standard InChI is InChI=1S/C18H21Cl3FN3O4/c1-17(2,3)14-9-15(23-16(27)29-10-18(19,20)21)25(24-14)13-8-11(28-7-6-26)4-5-12(13)22/h4-5,8-9,26H,6-7,10H2,1-3H3,(H,23,27). The smallest absolute Gasteiger partial charge is 0.412 e. The van der Waals surface area contributed by atoms with Crippen molar-refractivity contribution >= 4 is 46.7 Å². The number of amides is 1. The number of ether oxygens (including phenoxy) is 2. The topological polar surface area (TPSA) is 85.6 Å². The minimum atomic E-state index is -1.77. The average Bonchev–Trinajstić information content (AvgIpc) is 3.02. The largest absolute Gasteiger partial charge is 0.491 e. The van der Waals surface area contributed by atoms with Crippen molar-refractivity contribution in [3.8, 4) is 11.4 Å². The first-order chi connectivity index (χ1) is 13.4. The van der Waals surface area contributed by atoms with Crippen molar-refractivity contribution in [3.63, 3.8) is 0 Å². The van der Waals surface area contributed by atoms with E-state index < -0.39 is 22.3 Å². The van der Waals surface area contributed by atoms with Crippen molar-refractivity contribution in [1.82, 2.24) is 9.78 Å². The number of carbonyl (C=O) groups is 1. The van der Waals surface area contributed by atoms with E-state index in [0.29, 0.717) is 11.4 Å². The Morgan fingerprint density at radius 2 is 1.97 bits per heavy atom. The molecule has 0 aliphatic carbocycles. The van der Waals surface area contributed by atoms with Gasteiger partial charge in [0, 0.05) is 17.5 Å². The number of carbonyl (C=O) groups excluding carboxylic acids is 1. The molecule has 0 atom stereocenters. The molecule has 1 aromatic carbocycles. The van der Waals surface area contributed by atoms with Crippen LogP contribution in [0.15, 0.2) is 24.3 Å². The number of hydrogen-bond acceptors (Lipinski definition) is 5. The molecule has 0 saturated carbocycles. The van der Waals surface area contributed by atoms with Crippen LogP contribution in [0.3, 0.4) is 0 Å². The van der Waals surface area contributed by atoms with Gasteiger partial charge in [0.05, 0.1) is 12.3 Å². The molecule has 2 N–H and O–H groups in total. The SMILES string of the molecule is CC(C)(C)c1cc(NC(=O)OCC(Cl)(Cl)Cl)n(-c2cc(OCCO)ccc2F)n1. The number of aliphatic hydroxyl groups is 1. The van der Waals surface area contributed by atoms with E-state index in [4.69, 9.17) is 49.4 Å². The molecule has 0 aliphatic heterocycles. The van der Waals surface area contributed by atoms with Gasteiger partial charge in [-0.15, -0.1) is 0 Å². The molecule has 0 unspecified atom stereocenters. The van der Waals surface area contributed by atoms with Crippen LogP contribution in [0, 0.1) is 5.82 Å². The summed E-state index contributed by atoms with van der Waals surface area (Å²) in [5.41, 5.74) is 0.243. The molecule has 0 spiro atoms. The van der Waals surface area contributed by atoms with E-state index in [1.165, 1.54) is 22.9 Å². The Morgan fingerprint density at radius 1 is 1.28 bits per heavy atom. The van der Waals surface area contributed by atoms with Crippen LogP contribution in [0.2, 0.25) is 0 Å². The van der Waals surface area contributed by atoms with Gasteiger partial charge in [-0.3, -0.25) is 5.32 Å². The quantitative estimate of drug-likeness (QED) is 0.605. The summed E-state index contributed by atoms with van der Waals surface area (Å²) >= 11 is 16.7. The number of aliphatic hydroxyl groups excluding tert-OH is 1. The van der Waals surface area contributed by atoms with Gasteiger partial charge in [0.2, 0.25) is 3.79 Å². The zero-order valence-corrected chi connectivity index (χ0v) is 18.3. The summed E-state index contributed by atoms with van der Waals surface area (Å²) in [5.74, 6) is -0.113. The lowest BCUT2D eigenvalue weighted by molar-refractivity contribution is 0.163. The third-order valence-electron chi connectivity index (χ3n) is 3.58. The Balaban J connectivity index is 2.40. The Kier molecular flexibility index (Phi) is 7.62. The van der Waals surface area contributed by atoms with Crippen molar-refractivity contribution in [2.45, 2.75) is 30.0 Å². The molecule has 0 saturated heterocycles. The molecule has 29 heavy (non-hydrogen) atoms. The van der Waals surface area contributed by atoms with Crippen LogP contribution in [0.5, 0.6) is 5.75 Å². The van der Waals surface area contributed by atoms with E-state index in [2.05, 4.69) is 10.4 Å². The van der Waals surface area contributed by atoms with Crippen LogP contribution in [-0.4, -0.2) is 44.6 Å². The van der Waals surface area contributed by atoms with E-state index in [-0.39, 0.29) is 30.1 Å². The first-order valence-electron chi connectivity index (χ1n) is 8.55. The van der Waals surface area contributed by atoms with Crippen molar-refractivity contribution in [2.75, 3.05) is 25.1 Å². The number of anilines is 1. The van der Waals surface area contributed by atoms with Gasteiger partial charge in [0.1, 0.15) is 36.3 Å². The number of rotatable bonds is 6. The van der Waals surface area contributed by atoms with Crippen molar-refractivity contribution in [1.29, 1.82) is 0 Å². The summed E-state index contributed by atoms with van der Waals surface area (Å²) < 4.78 is 24.2. The number of benzene rings is 1. The Labute approximate surface area is 182 Å². The van der Waals surface area contributed by atoms with E-state index in [1.54, 1.807) is 6.07 Å². The molecule has 0 aliphatic rings. The maximum Gasteiger partial charge on any atom is 0.412 e. The van der Waals surface area contributed by atoms with Gasteiger partial charge in [-0.2, -0.15) is 5.10 Å². The van der Waals surface area contributed by atoms with Crippen molar-refractivity contribution in [2.24, 2.45) is 0 Å². The van der Waals surface area contributed by atoms with E-state index in [9.17, 15) is 9.18 Å². The average molecular weight is 469 g/mol. The van der Waals surface area contributed by atoms with Crippen molar-refractivity contribution < 1.29 is 23.8 Å². The highest BCUT2D eigenvalue weighted by atomic mass is 35.6. The second-order valence-electron chi connectivity index (χ2n) is 7.08. The normalized spacial score (nSPS) is 12.0. The third kappa shape index (κ3) is 6.92. The van der Waals surface area contributed by atoms with Gasteiger partial charge in [-0.1, -0.05) is 55.6 Å². The second kappa shape index (κ2) is 9.38. The number of alkyl halides is 3. The predicted molar refractivity (Wildman–Crippen MR) is 110 cm³/mol. The maximum absolute atomic E-state index is 14.5. The lowest BCUT2D eigenvalue weighted by Gasteiger charge is -2.14. The fourth-order valence-electron chi connectivity index (χ4n) is 2.22. The third-order valence-corrected chi connectivity index (χ3v) is 3.91. The van der Waals surface area contributed by atoms with Gasteiger partial charge >= 0.3 is 6.09 Å². The first-order valence-corrected chi connectivity index (χ1v) is 9.69. The molecule has 0 bridgehead atoms. The van der Waals surface area contributed by atoms with Crippen LogP contribution in [0.4, 0.5) is 15.0 Å². The lowest BCUT2D eigenvalue weighted by atomic mass is 9.92. The monoisotopic (exact) mass is 467 g/mol. The second-order valence-corrected chi connectivity index (χ2v) is 9.59. The molecule has 0 fully saturated rings. The molecule has 1 aromatic heterocycles. The van der Waals surface area contributed by atoms with Gasteiger partial charge < -0.3 is 14.6 Å². The van der Waals surface area contributed by atoms with Gasteiger partial charge in [-0.05, 0) is 12.1 Å².